The molecular weight excluding hydrogens is 175 g/mol. The minimum Gasteiger partial charge on any atom is -0.189 e. The van der Waals surface area contributed by atoms with E-state index in [1.807, 2.05) is 0 Å². The van der Waals surface area contributed by atoms with Crippen LogP contribution in [0.15, 0.2) is 30.8 Å². The molecule has 0 bridgehead atoms. The lowest BCUT2D eigenvalue weighted by Crippen LogP contribution is -2.08. The highest BCUT2D eigenvalue weighted by Gasteiger charge is 2.33. The van der Waals surface area contributed by atoms with Crippen LogP contribution in [0, 0.1) is 0 Å². The number of hydrogen-bond acceptors (Lipinski definition) is 3. The maximum atomic E-state index is 8.85. The molecule has 0 amide bonds. The van der Waals surface area contributed by atoms with Gasteiger partial charge < -0.3 is 0 Å². The van der Waals surface area contributed by atoms with Gasteiger partial charge in [-0.3, -0.25) is 0 Å². The summed E-state index contributed by atoms with van der Waals surface area (Å²) in [5.41, 5.74) is 0.868. The van der Waals surface area contributed by atoms with E-state index in [0.29, 0.717) is 0 Å². The van der Waals surface area contributed by atoms with Gasteiger partial charge in [0.2, 0.25) is 0 Å². The highest BCUT2D eigenvalue weighted by molar-refractivity contribution is 7.66. The molecular formula is C8H10O3P+. The summed E-state index contributed by atoms with van der Waals surface area (Å²) in [6.07, 6.45) is 1.63. The van der Waals surface area contributed by atoms with Crippen molar-refractivity contribution >= 4 is 19.3 Å². The first-order chi connectivity index (χ1) is 5.54. The van der Waals surface area contributed by atoms with Crippen LogP contribution in [-0.4, -0.2) is 14.7 Å². The molecule has 0 saturated heterocycles. The third-order valence-electron chi connectivity index (χ3n) is 1.48. The normalized spacial score (nSPS) is 11.2. The van der Waals surface area contributed by atoms with Gasteiger partial charge in [0.05, 0.1) is 0 Å². The Bertz CT molecular complexity index is 273. The van der Waals surface area contributed by atoms with Crippen molar-refractivity contribution in [2.75, 3.05) is 0 Å². The first kappa shape index (κ1) is 9.36. The molecule has 1 rings (SSSR count). The zero-order chi connectivity index (χ0) is 9.19. The molecule has 64 valence electrons. The minimum atomic E-state index is -3.83. The van der Waals surface area contributed by atoms with Crippen molar-refractivity contribution in [2.45, 2.75) is 0 Å². The summed E-state index contributed by atoms with van der Waals surface area (Å²) in [6.45, 7) is 3.54. The summed E-state index contributed by atoms with van der Waals surface area (Å²) in [4.78, 5) is 26.5. The summed E-state index contributed by atoms with van der Waals surface area (Å²) in [5, 5.41) is 0.146. The highest BCUT2D eigenvalue weighted by Crippen LogP contribution is 2.42. The summed E-state index contributed by atoms with van der Waals surface area (Å²) in [7, 11) is -3.83. The van der Waals surface area contributed by atoms with Gasteiger partial charge in [0.25, 0.3) is 0 Å². The van der Waals surface area contributed by atoms with Crippen LogP contribution in [0.1, 0.15) is 5.56 Å². The fourth-order valence-electron chi connectivity index (χ4n) is 0.810. The fraction of sp³-hybridized carbons (Fsp3) is 0. The molecule has 0 aliphatic carbocycles. The third kappa shape index (κ3) is 2.13. The average Bonchev–Trinajstić information content (AvgIpc) is 2.03. The van der Waals surface area contributed by atoms with Crippen LogP contribution in [0.5, 0.6) is 0 Å². The van der Waals surface area contributed by atoms with Gasteiger partial charge in [0.1, 0.15) is 0 Å². The van der Waals surface area contributed by atoms with Crippen LogP contribution in [0.4, 0.5) is 0 Å². The molecule has 0 radical (unpaired) electrons. The summed E-state index contributed by atoms with van der Waals surface area (Å²) in [6, 6.07) is 6.23. The molecule has 0 fully saturated rings. The molecule has 3 N–H and O–H groups in total. The monoisotopic (exact) mass is 185 g/mol. The van der Waals surface area contributed by atoms with Crippen molar-refractivity contribution in [3.8, 4) is 0 Å². The SMILES string of the molecule is C=Cc1ccc([P+](O)(O)O)cc1. The Balaban J connectivity index is 3.00. The van der Waals surface area contributed by atoms with Gasteiger partial charge in [-0.25, -0.2) is 0 Å². The van der Waals surface area contributed by atoms with Gasteiger partial charge in [0, 0.05) is 0 Å². The van der Waals surface area contributed by atoms with Crippen molar-refractivity contribution < 1.29 is 14.7 Å². The van der Waals surface area contributed by atoms with Crippen LogP contribution in [-0.2, 0) is 0 Å². The quantitative estimate of drug-likeness (QED) is 0.594. The van der Waals surface area contributed by atoms with E-state index in [9.17, 15) is 0 Å². The van der Waals surface area contributed by atoms with E-state index in [0.717, 1.165) is 5.56 Å². The molecule has 0 saturated carbocycles. The smallest absolute Gasteiger partial charge is 0.189 e. The molecule has 4 heteroatoms. The largest absolute Gasteiger partial charge is 0.440 e. The van der Waals surface area contributed by atoms with Crippen molar-refractivity contribution in [1.82, 2.24) is 0 Å². The highest BCUT2D eigenvalue weighted by atomic mass is 31.2. The van der Waals surface area contributed by atoms with Gasteiger partial charge in [-0.15, -0.1) is 0 Å². The van der Waals surface area contributed by atoms with E-state index < -0.39 is 7.94 Å². The second kappa shape index (κ2) is 3.33. The van der Waals surface area contributed by atoms with Gasteiger partial charge in [0.15, 0.2) is 5.30 Å². The Morgan fingerprint density at radius 2 is 1.58 bits per heavy atom. The zero-order valence-corrected chi connectivity index (χ0v) is 7.28. The van der Waals surface area contributed by atoms with Gasteiger partial charge in [-0.2, -0.15) is 14.7 Å². The lowest BCUT2D eigenvalue weighted by atomic mass is 10.2. The molecule has 12 heavy (non-hydrogen) atoms. The summed E-state index contributed by atoms with van der Waals surface area (Å²) in [5.74, 6) is 0. The van der Waals surface area contributed by atoms with Crippen LogP contribution in [0.25, 0.3) is 6.08 Å². The van der Waals surface area contributed by atoms with E-state index in [1.165, 1.54) is 12.1 Å². The molecule has 0 spiro atoms. The van der Waals surface area contributed by atoms with Crippen LogP contribution >= 0.6 is 7.94 Å². The Morgan fingerprint density at radius 1 is 1.08 bits per heavy atom. The standard InChI is InChI=1S/C8H10O3P/c1-2-7-3-5-8(6-4-7)12(9,10)11/h2-6,9-11H,1H2/q+1. The van der Waals surface area contributed by atoms with Crippen molar-refractivity contribution in [3.63, 3.8) is 0 Å². The Kier molecular flexibility index (Phi) is 2.60. The number of hydrogen-bond donors (Lipinski definition) is 3. The predicted octanol–water partition coefficient (Wildman–Crippen LogP) is 0.694. The van der Waals surface area contributed by atoms with Crippen molar-refractivity contribution in [1.29, 1.82) is 0 Å². The maximum absolute atomic E-state index is 8.85. The molecule has 1 aromatic rings. The molecule has 0 atom stereocenters. The first-order valence-corrected chi connectivity index (χ1v) is 4.99. The van der Waals surface area contributed by atoms with E-state index in [-0.39, 0.29) is 5.30 Å². The van der Waals surface area contributed by atoms with Crippen LogP contribution < -0.4 is 5.30 Å². The topological polar surface area (TPSA) is 60.7 Å². The molecule has 0 aliphatic heterocycles. The summed E-state index contributed by atoms with van der Waals surface area (Å²) >= 11 is 0. The van der Waals surface area contributed by atoms with Gasteiger partial charge in [-0.1, -0.05) is 24.8 Å². The van der Waals surface area contributed by atoms with Gasteiger partial charge >= 0.3 is 7.94 Å². The van der Waals surface area contributed by atoms with Crippen LogP contribution in [0.2, 0.25) is 0 Å². The molecule has 0 aliphatic rings. The molecule has 0 heterocycles. The zero-order valence-electron chi connectivity index (χ0n) is 6.38. The lowest BCUT2D eigenvalue weighted by Gasteiger charge is -2.02. The van der Waals surface area contributed by atoms with Gasteiger partial charge in [-0.05, 0) is 17.7 Å². The van der Waals surface area contributed by atoms with E-state index in [4.69, 9.17) is 14.7 Å². The number of rotatable bonds is 2. The molecule has 0 aromatic heterocycles. The predicted molar refractivity (Wildman–Crippen MR) is 49.7 cm³/mol. The first-order valence-electron chi connectivity index (χ1n) is 3.34. The molecule has 3 nitrogen and oxygen atoms in total. The lowest BCUT2D eigenvalue weighted by molar-refractivity contribution is 0.347. The van der Waals surface area contributed by atoms with E-state index in [1.54, 1.807) is 18.2 Å². The van der Waals surface area contributed by atoms with Crippen LogP contribution in [0.3, 0.4) is 0 Å². The van der Waals surface area contributed by atoms with Crippen molar-refractivity contribution in [3.05, 3.63) is 36.4 Å². The Labute approximate surface area is 71.2 Å². The average molecular weight is 185 g/mol. The number of benzene rings is 1. The Morgan fingerprint density at radius 3 is 1.92 bits per heavy atom. The van der Waals surface area contributed by atoms with E-state index >= 15 is 0 Å². The Hall–Kier alpha value is -0.730. The second-order valence-corrected chi connectivity index (χ2v) is 4.02. The minimum absolute atomic E-state index is 0.146. The summed E-state index contributed by atoms with van der Waals surface area (Å²) < 4.78 is 0. The maximum Gasteiger partial charge on any atom is 0.440 e. The molecule has 1 aromatic carbocycles. The van der Waals surface area contributed by atoms with Crippen molar-refractivity contribution in [2.24, 2.45) is 0 Å². The van der Waals surface area contributed by atoms with E-state index in [2.05, 4.69) is 6.58 Å². The fourth-order valence-corrected chi connectivity index (χ4v) is 1.36. The third-order valence-corrected chi connectivity index (χ3v) is 2.47. The second-order valence-electron chi connectivity index (χ2n) is 2.36. The molecule has 0 unspecified atom stereocenters.